The Kier molecular flexibility index (Phi) is 4.62. The van der Waals surface area contributed by atoms with Crippen molar-refractivity contribution in [3.63, 3.8) is 0 Å². The average Bonchev–Trinajstić information content (AvgIpc) is 2.41. The number of para-hydroxylation sites is 1. The third kappa shape index (κ3) is 2.95. The lowest BCUT2D eigenvalue weighted by atomic mass is 9.99. The molecule has 1 aromatic carbocycles. The number of nitrogens with zero attached hydrogens (tertiary/aromatic N) is 2. The zero-order valence-electron chi connectivity index (χ0n) is 12.1. The highest BCUT2D eigenvalue weighted by Gasteiger charge is 2.29. The van der Waals surface area contributed by atoms with Crippen LogP contribution in [0.2, 0.25) is 0 Å². The largest absolute Gasteiger partial charge is 0.370 e. The minimum absolute atomic E-state index is 0.170. The molecule has 1 aromatic rings. The summed E-state index contributed by atoms with van der Waals surface area (Å²) in [5, 5.41) is 0.170. The van der Waals surface area contributed by atoms with Gasteiger partial charge in [-0.05, 0) is 24.5 Å². The molecule has 1 fully saturated rings. The van der Waals surface area contributed by atoms with Gasteiger partial charge in [0.2, 0.25) is 10.0 Å². The van der Waals surface area contributed by atoms with E-state index in [0.29, 0.717) is 10.8 Å². The van der Waals surface area contributed by atoms with E-state index in [1.54, 1.807) is 26.2 Å². The first-order chi connectivity index (χ1) is 9.34. The van der Waals surface area contributed by atoms with Crippen LogP contribution in [0.25, 0.3) is 0 Å². The van der Waals surface area contributed by atoms with Crippen LogP contribution >= 0.6 is 11.6 Å². The number of benzene rings is 1. The van der Waals surface area contributed by atoms with E-state index in [-0.39, 0.29) is 5.38 Å². The van der Waals surface area contributed by atoms with Crippen molar-refractivity contribution in [3.05, 3.63) is 24.3 Å². The monoisotopic (exact) mass is 316 g/mol. The van der Waals surface area contributed by atoms with E-state index in [4.69, 9.17) is 11.6 Å². The van der Waals surface area contributed by atoms with Crippen LogP contribution in [0.5, 0.6) is 0 Å². The molecule has 1 saturated heterocycles. The van der Waals surface area contributed by atoms with Gasteiger partial charge < -0.3 is 4.90 Å². The summed E-state index contributed by atoms with van der Waals surface area (Å²) >= 11 is 6.25. The van der Waals surface area contributed by atoms with Crippen LogP contribution in [0.15, 0.2) is 29.2 Å². The number of anilines is 1. The molecule has 0 bridgehead atoms. The number of alkyl halides is 1. The van der Waals surface area contributed by atoms with Crippen molar-refractivity contribution in [1.29, 1.82) is 0 Å². The lowest BCUT2D eigenvalue weighted by Crippen LogP contribution is -2.40. The fraction of sp³-hybridized carbons (Fsp3) is 0.571. The van der Waals surface area contributed by atoms with Crippen LogP contribution in [-0.2, 0) is 10.0 Å². The molecule has 0 aliphatic carbocycles. The number of sulfonamides is 1. The predicted octanol–water partition coefficient (Wildman–Crippen LogP) is 2.39. The summed E-state index contributed by atoms with van der Waals surface area (Å²) in [6, 6.07) is 7.18. The van der Waals surface area contributed by atoms with Crippen molar-refractivity contribution < 1.29 is 8.42 Å². The maximum Gasteiger partial charge on any atom is 0.244 e. The minimum atomic E-state index is -3.43. The predicted molar refractivity (Wildman–Crippen MR) is 82.9 cm³/mol. The molecule has 6 heteroatoms. The second kappa shape index (κ2) is 5.92. The Hall–Kier alpha value is -0.780. The molecule has 0 saturated carbocycles. The van der Waals surface area contributed by atoms with E-state index in [1.165, 1.54) is 4.31 Å². The Bertz CT molecular complexity index is 574. The van der Waals surface area contributed by atoms with Gasteiger partial charge in [-0.1, -0.05) is 19.1 Å². The summed E-state index contributed by atoms with van der Waals surface area (Å²) in [7, 11) is -0.319. The standard InChI is InChI=1S/C14H21ClN2O2S/c1-11-10-17(9-8-12(11)15)13-6-4-5-7-14(13)20(18,19)16(2)3/h4-7,11-12H,8-10H2,1-3H3. The SMILES string of the molecule is CC1CN(c2ccccc2S(=O)(=O)N(C)C)CCC1Cl. The first-order valence-corrected chi connectivity index (χ1v) is 8.62. The first kappa shape index (κ1) is 15.6. The molecule has 1 heterocycles. The Balaban J connectivity index is 2.39. The highest BCUT2D eigenvalue weighted by atomic mass is 35.5. The fourth-order valence-electron chi connectivity index (χ4n) is 2.47. The van der Waals surface area contributed by atoms with Gasteiger partial charge in [0.15, 0.2) is 0 Å². The highest BCUT2D eigenvalue weighted by molar-refractivity contribution is 7.89. The second-order valence-electron chi connectivity index (χ2n) is 5.48. The van der Waals surface area contributed by atoms with Crippen LogP contribution in [0.3, 0.4) is 0 Å². The molecule has 4 nitrogen and oxygen atoms in total. The Morgan fingerprint density at radius 2 is 1.95 bits per heavy atom. The van der Waals surface area contributed by atoms with Gasteiger partial charge in [0.25, 0.3) is 0 Å². The van der Waals surface area contributed by atoms with Gasteiger partial charge in [0.05, 0.1) is 5.69 Å². The van der Waals surface area contributed by atoms with Gasteiger partial charge in [-0.25, -0.2) is 12.7 Å². The van der Waals surface area contributed by atoms with Crippen molar-refractivity contribution >= 4 is 27.3 Å². The number of hydrogen-bond donors (Lipinski definition) is 0. The zero-order valence-corrected chi connectivity index (χ0v) is 13.7. The van der Waals surface area contributed by atoms with Gasteiger partial charge in [-0.2, -0.15) is 0 Å². The molecule has 2 unspecified atom stereocenters. The van der Waals surface area contributed by atoms with Crippen LogP contribution in [0, 0.1) is 5.92 Å². The highest BCUT2D eigenvalue weighted by Crippen LogP contribution is 2.31. The van der Waals surface area contributed by atoms with Crippen LogP contribution in [-0.4, -0.2) is 45.3 Å². The number of halogens is 1. The summed E-state index contributed by atoms with van der Waals surface area (Å²) in [6.45, 7) is 3.68. The number of rotatable bonds is 3. The van der Waals surface area contributed by atoms with Crippen molar-refractivity contribution in [2.75, 3.05) is 32.1 Å². The summed E-state index contributed by atoms with van der Waals surface area (Å²) in [6.07, 6.45) is 0.874. The Labute approximate surface area is 126 Å². The van der Waals surface area contributed by atoms with Crippen LogP contribution in [0.4, 0.5) is 5.69 Å². The zero-order chi connectivity index (χ0) is 14.9. The molecule has 0 aromatic heterocycles. The number of piperidine rings is 1. The normalized spacial score (nSPS) is 24.1. The molecule has 0 radical (unpaired) electrons. The van der Waals surface area contributed by atoms with E-state index in [2.05, 4.69) is 11.8 Å². The maximum atomic E-state index is 12.4. The van der Waals surface area contributed by atoms with E-state index >= 15 is 0 Å². The molecule has 2 rings (SSSR count). The Morgan fingerprint density at radius 3 is 2.55 bits per heavy atom. The molecule has 20 heavy (non-hydrogen) atoms. The topological polar surface area (TPSA) is 40.6 Å². The molecule has 0 spiro atoms. The quantitative estimate of drug-likeness (QED) is 0.804. The number of hydrogen-bond acceptors (Lipinski definition) is 3. The van der Waals surface area contributed by atoms with E-state index in [0.717, 1.165) is 25.2 Å². The molecular formula is C14H21ClN2O2S. The molecule has 2 atom stereocenters. The van der Waals surface area contributed by atoms with Crippen LogP contribution < -0.4 is 4.90 Å². The van der Waals surface area contributed by atoms with Gasteiger partial charge in [-0.3, -0.25) is 0 Å². The lowest BCUT2D eigenvalue weighted by Gasteiger charge is -2.36. The van der Waals surface area contributed by atoms with E-state index < -0.39 is 10.0 Å². The van der Waals surface area contributed by atoms with Crippen molar-refractivity contribution in [1.82, 2.24) is 4.31 Å². The van der Waals surface area contributed by atoms with Crippen molar-refractivity contribution in [2.24, 2.45) is 5.92 Å². The Morgan fingerprint density at radius 1 is 1.30 bits per heavy atom. The first-order valence-electron chi connectivity index (χ1n) is 6.74. The summed E-state index contributed by atoms with van der Waals surface area (Å²) in [5.74, 6) is 0.348. The van der Waals surface area contributed by atoms with E-state index in [1.807, 2.05) is 12.1 Å². The summed E-state index contributed by atoms with van der Waals surface area (Å²) < 4.78 is 26.1. The minimum Gasteiger partial charge on any atom is -0.370 e. The average molecular weight is 317 g/mol. The third-order valence-corrected chi connectivity index (χ3v) is 6.28. The smallest absolute Gasteiger partial charge is 0.244 e. The van der Waals surface area contributed by atoms with Gasteiger partial charge >= 0.3 is 0 Å². The third-order valence-electron chi connectivity index (χ3n) is 3.77. The van der Waals surface area contributed by atoms with Gasteiger partial charge in [0.1, 0.15) is 4.90 Å². The molecule has 112 valence electrons. The van der Waals surface area contributed by atoms with E-state index in [9.17, 15) is 8.42 Å². The van der Waals surface area contributed by atoms with Gasteiger partial charge in [0, 0.05) is 32.6 Å². The fourth-order valence-corrected chi connectivity index (χ4v) is 3.75. The molecular weight excluding hydrogens is 296 g/mol. The molecule has 0 N–H and O–H groups in total. The molecule has 0 amide bonds. The maximum absolute atomic E-state index is 12.4. The summed E-state index contributed by atoms with van der Waals surface area (Å²) in [4.78, 5) is 2.49. The molecule has 1 aliphatic heterocycles. The summed E-state index contributed by atoms with van der Waals surface area (Å²) in [5.41, 5.74) is 0.775. The van der Waals surface area contributed by atoms with Gasteiger partial charge in [-0.15, -0.1) is 11.6 Å². The van der Waals surface area contributed by atoms with Crippen molar-refractivity contribution in [2.45, 2.75) is 23.6 Å². The lowest BCUT2D eigenvalue weighted by molar-refractivity contribution is 0.452. The van der Waals surface area contributed by atoms with Crippen molar-refractivity contribution in [3.8, 4) is 0 Å². The molecule has 1 aliphatic rings. The van der Waals surface area contributed by atoms with Crippen LogP contribution in [0.1, 0.15) is 13.3 Å². The second-order valence-corrected chi connectivity index (χ2v) is 8.16.